The molecule has 0 radical (unpaired) electrons. The monoisotopic (exact) mass is 273 g/mol. The zero-order valence-electron chi connectivity index (χ0n) is 10.0. The van der Waals surface area contributed by atoms with Gasteiger partial charge in [0, 0.05) is 17.8 Å². The van der Waals surface area contributed by atoms with Crippen molar-refractivity contribution in [2.24, 2.45) is 0 Å². The number of hydrogen-bond acceptors (Lipinski definition) is 4. The van der Waals surface area contributed by atoms with Gasteiger partial charge in [0.1, 0.15) is 0 Å². The molecule has 0 spiro atoms. The molecule has 3 N–H and O–H groups in total. The molecule has 0 bridgehead atoms. The van der Waals surface area contributed by atoms with Gasteiger partial charge in [-0.3, -0.25) is 0 Å². The molecule has 0 atom stereocenters. The Kier molecular flexibility index (Phi) is 2.97. The van der Waals surface area contributed by atoms with Crippen molar-refractivity contribution < 1.29 is 0 Å². The number of anilines is 2. The average Bonchev–Trinajstić information content (AvgIpc) is 2.78. The minimum absolute atomic E-state index is 0.256. The Balaban J connectivity index is 1.88. The number of fused-ring (bicyclic) bond motifs is 1. The van der Waals surface area contributed by atoms with Gasteiger partial charge >= 0.3 is 0 Å². The van der Waals surface area contributed by atoms with Gasteiger partial charge in [0.2, 0.25) is 5.95 Å². The van der Waals surface area contributed by atoms with Gasteiger partial charge in [-0.2, -0.15) is 4.98 Å². The third-order valence-electron chi connectivity index (χ3n) is 2.81. The second-order valence-electron chi connectivity index (χ2n) is 4.11. The zero-order valence-corrected chi connectivity index (χ0v) is 10.8. The highest BCUT2D eigenvalue weighted by Crippen LogP contribution is 2.19. The first-order valence-electron chi connectivity index (χ1n) is 5.82. The van der Waals surface area contributed by atoms with Crippen molar-refractivity contribution in [1.82, 2.24) is 14.6 Å². The quantitative estimate of drug-likeness (QED) is 0.770. The molecule has 0 amide bonds. The summed E-state index contributed by atoms with van der Waals surface area (Å²) in [5, 5.41) is 8.10. The van der Waals surface area contributed by atoms with Crippen LogP contribution in [0.25, 0.3) is 5.65 Å². The Hall–Kier alpha value is -2.27. The lowest BCUT2D eigenvalue weighted by atomic mass is 10.2. The highest BCUT2D eigenvalue weighted by Gasteiger charge is 2.06. The van der Waals surface area contributed by atoms with Crippen molar-refractivity contribution in [2.75, 3.05) is 11.1 Å². The standard InChI is InChI=1S/C13H12ClN5/c14-10-5-2-1-4-9(10)8-16-11-6-3-7-19-12(11)17-13(15)18-19/h1-7,16H,8H2,(H2,15,18). The highest BCUT2D eigenvalue weighted by molar-refractivity contribution is 6.31. The van der Waals surface area contributed by atoms with E-state index >= 15 is 0 Å². The Morgan fingerprint density at radius 3 is 2.89 bits per heavy atom. The number of rotatable bonds is 3. The van der Waals surface area contributed by atoms with Crippen LogP contribution in [0.2, 0.25) is 5.02 Å². The van der Waals surface area contributed by atoms with E-state index in [2.05, 4.69) is 15.4 Å². The minimum Gasteiger partial charge on any atom is -0.378 e. The molecule has 0 aliphatic carbocycles. The van der Waals surface area contributed by atoms with Crippen molar-refractivity contribution >= 4 is 28.9 Å². The van der Waals surface area contributed by atoms with Gasteiger partial charge in [0.25, 0.3) is 0 Å². The summed E-state index contributed by atoms with van der Waals surface area (Å²) in [6.07, 6.45) is 1.80. The van der Waals surface area contributed by atoms with Gasteiger partial charge in [0.05, 0.1) is 5.69 Å². The van der Waals surface area contributed by atoms with Crippen molar-refractivity contribution in [1.29, 1.82) is 0 Å². The molecule has 0 aliphatic heterocycles. The van der Waals surface area contributed by atoms with Crippen LogP contribution in [0.5, 0.6) is 0 Å². The number of aromatic nitrogens is 3. The van der Waals surface area contributed by atoms with Crippen LogP contribution in [-0.4, -0.2) is 14.6 Å². The van der Waals surface area contributed by atoms with E-state index in [1.165, 1.54) is 0 Å². The third kappa shape index (κ3) is 2.32. The van der Waals surface area contributed by atoms with Gasteiger partial charge in [-0.15, -0.1) is 5.10 Å². The van der Waals surface area contributed by atoms with Crippen LogP contribution in [-0.2, 0) is 6.54 Å². The molecule has 0 aliphatic rings. The molecular formula is C13H12ClN5. The van der Waals surface area contributed by atoms with Gasteiger partial charge in [0.15, 0.2) is 5.65 Å². The van der Waals surface area contributed by atoms with Gasteiger partial charge in [-0.05, 0) is 23.8 Å². The third-order valence-corrected chi connectivity index (χ3v) is 3.17. The number of nitrogen functional groups attached to an aromatic ring is 1. The first-order chi connectivity index (χ1) is 9.24. The summed E-state index contributed by atoms with van der Waals surface area (Å²) in [4.78, 5) is 4.18. The summed E-state index contributed by atoms with van der Waals surface area (Å²) in [6.45, 7) is 0.617. The number of pyridine rings is 1. The van der Waals surface area contributed by atoms with Crippen LogP contribution in [0.4, 0.5) is 11.6 Å². The number of nitrogens with zero attached hydrogens (tertiary/aromatic N) is 3. The van der Waals surface area contributed by atoms with E-state index in [1.54, 1.807) is 10.7 Å². The van der Waals surface area contributed by atoms with Crippen LogP contribution >= 0.6 is 11.6 Å². The van der Waals surface area contributed by atoms with Crippen LogP contribution in [0, 0.1) is 0 Å². The molecule has 0 unspecified atom stereocenters. The van der Waals surface area contributed by atoms with E-state index in [4.69, 9.17) is 17.3 Å². The molecule has 0 saturated heterocycles. The van der Waals surface area contributed by atoms with Crippen molar-refractivity contribution in [3.8, 4) is 0 Å². The first-order valence-corrected chi connectivity index (χ1v) is 6.20. The maximum absolute atomic E-state index is 6.12. The van der Waals surface area contributed by atoms with E-state index in [9.17, 15) is 0 Å². The summed E-state index contributed by atoms with van der Waals surface area (Å²) >= 11 is 6.12. The zero-order chi connectivity index (χ0) is 13.2. The van der Waals surface area contributed by atoms with E-state index in [0.717, 1.165) is 16.3 Å². The highest BCUT2D eigenvalue weighted by atomic mass is 35.5. The van der Waals surface area contributed by atoms with Crippen LogP contribution in [0.1, 0.15) is 5.56 Å². The summed E-state index contributed by atoms with van der Waals surface area (Å²) in [6, 6.07) is 11.5. The SMILES string of the molecule is Nc1nc2c(NCc3ccccc3Cl)cccn2n1. The molecular weight excluding hydrogens is 262 g/mol. The number of hydrogen-bond donors (Lipinski definition) is 2. The normalized spacial score (nSPS) is 10.8. The second kappa shape index (κ2) is 4.78. The molecule has 2 heterocycles. The number of halogens is 1. The summed E-state index contributed by atoms with van der Waals surface area (Å²) in [5.41, 5.74) is 8.19. The molecule has 3 aromatic rings. The first kappa shape index (κ1) is 11.8. The Labute approximate surface area is 115 Å². The molecule has 5 nitrogen and oxygen atoms in total. The van der Waals surface area contributed by atoms with Crippen molar-refractivity contribution in [3.05, 3.63) is 53.2 Å². The fourth-order valence-corrected chi connectivity index (χ4v) is 2.10. The second-order valence-corrected chi connectivity index (χ2v) is 4.51. The van der Waals surface area contributed by atoms with Crippen LogP contribution in [0.15, 0.2) is 42.6 Å². The maximum atomic E-state index is 6.12. The molecule has 96 valence electrons. The van der Waals surface area contributed by atoms with Crippen molar-refractivity contribution in [3.63, 3.8) is 0 Å². The number of nitrogens with two attached hydrogens (primary N) is 1. The molecule has 2 aromatic heterocycles. The summed E-state index contributed by atoms with van der Waals surface area (Å²) < 4.78 is 1.64. The Morgan fingerprint density at radius 1 is 1.21 bits per heavy atom. The predicted octanol–water partition coefficient (Wildman–Crippen LogP) is 2.58. The van der Waals surface area contributed by atoms with E-state index in [0.29, 0.717) is 12.2 Å². The summed E-state index contributed by atoms with van der Waals surface area (Å²) in [5.74, 6) is 0.256. The molecule has 19 heavy (non-hydrogen) atoms. The predicted molar refractivity (Wildman–Crippen MR) is 76.2 cm³/mol. The van der Waals surface area contributed by atoms with E-state index < -0.39 is 0 Å². The van der Waals surface area contributed by atoms with E-state index in [1.807, 2.05) is 36.4 Å². The summed E-state index contributed by atoms with van der Waals surface area (Å²) in [7, 11) is 0. The number of nitrogens with one attached hydrogen (secondary N) is 1. The van der Waals surface area contributed by atoms with Crippen molar-refractivity contribution in [2.45, 2.75) is 6.54 Å². The molecule has 0 saturated carbocycles. The van der Waals surface area contributed by atoms with Crippen LogP contribution < -0.4 is 11.1 Å². The van der Waals surface area contributed by atoms with E-state index in [-0.39, 0.29) is 5.95 Å². The minimum atomic E-state index is 0.256. The van der Waals surface area contributed by atoms with Gasteiger partial charge in [-0.25, -0.2) is 4.52 Å². The molecule has 0 fully saturated rings. The molecule has 3 rings (SSSR count). The fourth-order valence-electron chi connectivity index (χ4n) is 1.89. The fraction of sp³-hybridized carbons (Fsp3) is 0.0769. The van der Waals surface area contributed by atoms with Gasteiger partial charge < -0.3 is 11.1 Å². The van der Waals surface area contributed by atoms with Crippen LogP contribution in [0.3, 0.4) is 0 Å². The Bertz CT molecular complexity index is 722. The number of benzene rings is 1. The lowest BCUT2D eigenvalue weighted by Crippen LogP contribution is -2.02. The Morgan fingerprint density at radius 2 is 2.05 bits per heavy atom. The largest absolute Gasteiger partial charge is 0.378 e. The average molecular weight is 274 g/mol. The smallest absolute Gasteiger partial charge is 0.240 e. The maximum Gasteiger partial charge on any atom is 0.240 e. The molecule has 1 aromatic carbocycles. The topological polar surface area (TPSA) is 68.2 Å². The molecule has 6 heteroatoms. The lowest BCUT2D eigenvalue weighted by molar-refractivity contribution is 0.966. The van der Waals surface area contributed by atoms with Gasteiger partial charge in [-0.1, -0.05) is 29.8 Å². The lowest BCUT2D eigenvalue weighted by Gasteiger charge is -2.08.